The average Bonchev–Trinajstić information content (AvgIpc) is 2.36. The minimum atomic E-state index is -1.18. The first-order chi connectivity index (χ1) is 8.97. The smallest absolute Gasteiger partial charge is 0.337 e. The topological polar surface area (TPSA) is 62.2 Å². The molecule has 0 radical (unpaired) electrons. The van der Waals surface area contributed by atoms with Gasteiger partial charge in [0.15, 0.2) is 0 Å². The van der Waals surface area contributed by atoms with Crippen LogP contribution in [0.5, 0.6) is 0 Å². The van der Waals surface area contributed by atoms with E-state index in [4.69, 9.17) is 28.3 Å². The molecule has 0 unspecified atom stereocenters. The van der Waals surface area contributed by atoms with Crippen LogP contribution in [0.15, 0.2) is 30.5 Å². The van der Waals surface area contributed by atoms with E-state index in [0.717, 1.165) is 0 Å². The van der Waals surface area contributed by atoms with E-state index < -0.39 is 11.8 Å². The number of anilines is 2. The van der Waals surface area contributed by atoms with Gasteiger partial charge in [0.05, 0.1) is 21.3 Å². The summed E-state index contributed by atoms with van der Waals surface area (Å²) >= 11 is 11.6. The molecule has 7 heteroatoms. The molecule has 0 aliphatic carbocycles. The number of hydrogen-bond donors (Lipinski definition) is 2. The molecule has 1 heterocycles. The van der Waals surface area contributed by atoms with Crippen LogP contribution in [0.2, 0.25) is 10.0 Å². The molecule has 0 amide bonds. The first-order valence-electron chi connectivity index (χ1n) is 5.08. The van der Waals surface area contributed by atoms with Crippen LogP contribution in [-0.2, 0) is 0 Å². The summed E-state index contributed by atoms with van der Waals surface area (Å²) in [6.45, 7) is 0. The number of halogens is 3. The molecule has 1 aromatic heterocycles. The number of nitrogens with zero attached hydrogens (tertiary/aromatic N) is 1. The molecule has 2 rings (SSSR count). The third kappa shape index (κ3) is 3.13. The average molecular weight is 301 g/mol. The van der Waals surface area contributed by atoms with Gasteiger partial charge in [-0.2, -0.15) is 0 Å². The fraction of sp³-hybridized carbons (Fsp3) is 0. The summed E-state index contributed by atoms with van der Waals surface area (Å²) in [5, 5.41) is 12.0. The number of pyridine rings is 1. The van der Waals surface area contributed by atoms with E-state index in [2.05, 4.69) is 10.3 Å². The van der Waals surface area contributed by atoms with Gasteiger partial charge in [-0.1, -0.05) is 23.2 Å². The lowest BCUT2D eigenvalue weighted by atomic mass is 10.2. The Morgan fingerprint density at radius 3 is 2.68 bits per heavy atom. The van der Waals surface area contributed by atoms with E-state index in [-0.39, 0.29) is 27.1 Å². The van der Waals surface area contributed by atoms with E-state index in [0.29, 0.717) is 0 Å². The highest BCUT2D eigenvalue weighted by molar-refractivity contribution is 6.34. The lowest BCUT2D eigenvalue weighted by Gasteiger charge is -2.08. The number of carboxylic acid groups (broad SMARTS) is 1. The maximum absolute atomic E-state index is 13.1. The number of rotatable bonds is 3. The predicted molar refractivity (Wildman–Crippen MR) is 70.9 cm³/mol. The SMILES string of the molecule is O=C(O)c1cc(Nc2cc(F)ccc2Cl)ncc1Cl. The Kier molecular flexibility index (Phi) is 3.87. The van der Waals surface area contributed by atoms with Crippen molar-refractivity contribution in [3.05, 3.63) is 51.9 Å². The Bertz CT molecular complexity index is 650. The summed E-state index contributed by atoms with van der Waals surface area (Å²) in [6, 6.07) is 5.02. The van der Waals surface area contributed by atoms with Crippen LogP contribution in [0.4, 0.5) is 15.9 Å². The Balaban J connectivity index is 2.36. The van der Waals surface area contributed by atoms with Crippen molar-refractivity contribution in [1.82, 2.24) is 4.98 Å². The molecule has 19 heavy (non-hydrogen) atoms. The number of benzene rings is 1. The molecule has 0 bridgehead atoms. The molecule has 4 nitrogen and oxygen atoms in total. The molecule has 2 N–H and O–H groups in total. The third-order valence-corrected chi connectivity index (χ3v) is 2.91. The third-order valence-electron chi connectivity index (χ3n) is 2.28. The van der Waals surface area contributed by atoms with Crippen molar-refractivity contribution in [2.24, 2.45) is 0 Å². The molecule has 0 saturated carbocycles. The monoisotopic (exact) mass is 300 g/mol. The highest BCUT2D eigenvalue weighted by Crippen LogP contribution is 2.26. The van der Waals surface area contributed by atoms with Crippen LogP contribution in [-0.4, -0.2) is 16.1 Å². The maximum Gasteiger partial charge on any atom is 0.337 e. The van der Waals surface area contributed by atoms with E-state index >= 15 is 0 Å². The molecule has 2 aromatic rings. The lowest BCUT2D eigenvalue weighted by molar-refractivity contribution is 0.0697. The Hall–Kier alpha value is -1.85. The van der Waals surface area contributed by atoms with Gasteiger partial charge >= 0.3 is 5.97 Å². The molecule has 0 saturated heterocycles. The predicted octanol–water partition coefficient (Wildman–Crippen LogP) is 3.97. The van der Waals surface area contributed by atoms with Crippen molar-refractivity contribution in [2.45, 2.75) is 0 Å². The number of aromatic carboxylic acids is 1. The summed E-state index contributed by atoms with van der Waals surface area (Å²) in [5.74, 6) is -1.45. The highest BCUT2D eigenvalue weighted by atomic mass is 35.5. The number of hydrogen-bond acceptors (Lipinski definition) is 3. The molecule has 1 aromatic carbocycles. The summed E-state index contributed by atoms with van der Waals surface area (Å²) in [5.41, 5.74) is 0.180. The molecule has 0 atom stereocenters. The van der Waals surface area contributed by atoms with Crippen molar-refractivity contribution >= 4 is 40.7 Å². The number of aromatic nitrogens is 1. The van der Waals surface area contributed by atoms with Crippen molar-refractivity contribution in [3.63, 3.8) is 0 Å². The van der Waals surface area contributed by atoms with Gasteiger partial charge in [-0.25, -0.2) is 14.2 Å². The first-order valence-corrected chi connectivity index (χ1v) is 5.84. The van der Waals surface area contributed by atoms with Crippen molar-refractivity contribution < 1.29 is 14.3 Å². The number of carboxylic acids is 1. The van der Waals surface area contributed by atoms with E-state index in [1.54, 1.807) is 0 Å². The second-order valence-electron chi connectivity index (χ2n) is 3.60. The summed E-state index contributed by atoms with van der Waals surface area (Å²) < 4.78 is 13.1. The zero-order valence-electron chi connectivity index (χ0n) is 9.32. The van der Waals surface area contributed by atoms with Crippen molar-refractivity contribution in [3.8, 4) is 0 Å². The molecular formula is C12H7Cl2FN2O2. The van der Waals surface area contributed by atoms with Crippen LogP contribution in [0.3, 0.4) is 0 Å². The largest absolute Gasteiger partial charge is 0.478 e. The molecule has 0 spiro atoms. The normalized spacial score (nSPS) is 10.3. The van der Waals surface area contributed by atoms with Crippen molar-refractivity contribution in [1.29, 1.82) is 0 Å². The zero-order valence-corrected chi connectivity index (χ0v) is 10.8. The van der Waals surface area contributed by atoms with Crippen LogP contribution >= 0.6 is 23.2 Å². The second-order valence-corrected chi connectivity index (χ2v) is 4.42. The summed E-state index contributed by atoms with van der Waals surface area (Å²) in [6.07, 6.45) is 1.19. The van der Waals surface area contributed by atoms with Gasteiger partial charge in [0.25, 0.3) is 0 Å². The Morgan fingerprint density at radius 2 is 2.00 bits per heavy atom. The Morgan fingerprint density at radius 1 is 1.26 bits per heavy atom. The highest BCUT2D eigenvalue weighted by Gasteiger charge is 2.11. The van der Waals surface area contributed by atoms with Gasteiger partial charge in [0.1, 0.15) is 11.6 Å². The zero-order chi connectivity index (χ0) is 14.0. The van der Waals surface area contributed by atoms with Gasteiger partial charge < -0.3 is 10.4 Å². The quantitative estimate of drug-likeness (QED) is 0.900. The fourth-order valence-corrected chi connectivity index (χ4v) is 1.75. The lowest BCUT2D eigenvalue weighted by Crippen LogP contribution is -2.01. The molecule has 0 aliphatic rings. The first kappa shape index (κ1) is 13.6. The molecular weight excluding hydrogens is 294 g/mol. The molecule has 98 valence electrons. The van der Waals surface area contributed by atoms with Crippen LogP contribution in [0, 0.1) is 5.82 Å². The van der Waals surface area contributed by atoms with Gasteiger partial charge in [-0.15, -0.1) is 0 Å². The minimum Gasteiger partial charge on any atom is -0.478 e. The van der Waals surface area contributed by atoms with Crippen molar-refractivity contribution in [2.75, 3.05) is 5.32 Å². The van der Waals surface area contributed by atoms with Crippen LogP contribution < -0.4 is 5.32 Å². The Labute approximate surface area is 117 Å². The molecule has 0 aliphatic heterocycles. The molecule has 0 fully saturated rings. The van der Waals surface area contributed by atoms with Gasteiger partial charge in [0, 0.05) is 6.20 Å². The minimum absolute atomic E-state index is 0.0170. The standard InChI is InChI=1S/C12H7Cl2FN2O2/c13-8-2-1-6(15)3-10(8)17-11-4-7(12(18)19)9(14)5-16-11/h1-5H,(H,16,17)(H,18,19). The van der Waals surface area contributed by atoms with Crippen LogP contribution in [0.25, 0.3) is 0 Å². The maximum atomic E-state index is 13.1. The van der Waals surface area contributed by atoms with E-state index in [9.17, 15) is 9.18 Å². The van der Waals surface area contributed by atoms with E-state index in [1.165, 1.54) is 30.5 Å². The van der Waals surface area contributed by atoms with E-state index in [1.807, 2.05) is 0 Å². The van der Waals surface area contributed by atoms with Gasteiger partial charge in [-0.3, -0.25) is 0 Å². The number of nitrogens with one attached hydrogen (secondary N) is 1. The van der Waals surface area contributed by atoms with Gasteiger partial charge in [-0.05, 0) is 24.3 Å². The summed E-state index contributed by atoms with van der Waals surface area (Å²) in [7, 11) is 0. The van der Waals surface area contributed by atoms with Gasteiger partial charge in [0.2, 0.25) is 0 Å². The fourth-order valence-electron chi connectivity index (χ4n) is 1.40. The van der Waals surface area contributed by atoms with Crippen LogP contribution in [0.1, 0.15) is 10.4 Å². The second kappa shape index (κ2) is 5.42. The summed E-state index contributed by atoms with van der Waals surface area (Å²) in [4.78, 5) is 14.8. The number of carbonyl (C=O) groups is 1.